The minimum atomic E-state index is -4.90. The molecular weight excluding hydrogens is 285 g/mol. The fourth-order valence-electron chi connectivity index (χ4n) is 1.80. The van der Waals surface area contributed by atoms with Crippen LogP contribution in [0.25, 0.3) is 0 Å². The lowest BCUT2D eigenvalue weighted by Crippen LogP contribution is -2.22. The summed E-state index contributed by atoms with van der Waals surface area (Å²) in [7, 11) is 1.32. The third-order valence-corrected chi connectivity index (χ3v) is 2.94. The normalized spacial score (nSPS) is 11.3. The second kappa shape index (κ2) is 7.90. The molecule has 0 saturated heterocycles. The first kappa shape index (κ1) is 17.3. The summed E-state index contributed by atoms with van der Waals surface area (Å²) in [6.07, 6.45) is -0.783. The molecule has 0 amide bonds. The first-order chi connectivity index (χ1) is 9.90. The first-order valence-corrected chi connectivity index (χ1v) is 6.82. The van der Waals surface area contributed by atoms with Gasteiger partial charge in [0.2, 0.25) is 0 Å². The zero-order chi connectivity index (χ0) is 15.9. The second-order valence-electron chi connectivity index (χ2n) is 4.60. The number of carbonyl (C=O) groups is 1. The van der Waals surface area contributed by atoms with Crippen LogP contribution in [0.4, 0.5) is 13.2 Å². The van der Waals surface area contributed by atoms with Crippen LogP contribution in [0, 0.1) is 0 Å². The average molecular weight is 304 g/mol. The van der Waals surface area contributed by atoms with E-state index in [1.807, 2.05) is 0 Å². The third-order valence-electron chi connectivity index (χ3n) is 2.94. The molecule has 0 N–H and O–H groups in total. The van der Waals surface area contributed by atoms with E-state index in [0.717, 1.165) is 37.8 Å². The summed E-state index contributed by atoms with van der Waals surface area (Å²) in [6.45, 7) is 2.56. The summed E-state index contributed by atoms with van der Waals surface area (Å²) >= 11 is 0. The highest BCUT2D eigenvalue weighted by Crippen LogP contribution is 2.31. The molecular formula is C15H19F3O3. The molecule has 21 heavy (non-hydrogen) atoms. The van der Waals surface area contributed by atoms with Gasteiger partial charge in [-0.3, -0.25) is 4.79 Å². The van der Waals surface area contributed by atoms with Crippen molar-refractivity contribution in [2.75, 3.05) is 13.7 Å². The van der Waals surface area contributed by atoms with Gasteiger partial charge in [0.05, 0.1) is 13.7 Å². The number of unbranched alkanes of at least 4 members (excludes halogenated alkanes) is 3. The predicted octanol–water partition coefficient (Wildman–Crippen LogP) is 4.40. The maximum absolute atomic E-state index is 12.4. The first-order valence-electron chi connectivity index (χ1n) is 6.82. The minimum absolute atomic E-state index is 0.126. The van der Waals surface area contributed by atoms with Crippen molar-refractivity contribution in [3.8, 4) is 11.5 Å². The molecule has 6 heteroatoms. The van der Waals surface area contributed by atoms with Gasteiger partial charge in [-0.25, -0.2) is 0 Å². The van der Waals surface area contributed by atoms with Crippen molar-refractivity contribution in [1.29, 1.82) is 0 Å². The van der Waals surface area contributed by atoms with E-state index in [1.165, 1.54) is 13.2 Å². The van der Waals surface area contributed by atoms with Gasteiger partial charge < -0.3 is 9.47 Å². The number of ketones is 1. The highest BCUT2D eigenvalue weighted by molar-refractivity contribution is 6.00. The molecule has 3 nitrogen and oxygen atoms in total. The summed E-state index contributed by atoms with van der Waals surface area (Å²) in [4.78, 5) is 11.2. The van der Waals surface area contributed by atoms with E-state index >= 15 is 0 Å². The number of halogens is 3. The second-order valence-corrected chi connectivity index (χ2v) is 4.60. The van der Waals surface area contributed by atoms with Crippen molar-refractivity contribution in [3.63, 3.8) is 0 Å². The van der Waals surface area contributed by atoms with Crippen LogP contribution in [-0.4, -0.2) is 25.7 Å². The van der Waals surface area contributed by atoms with Crippen LogP contribution < -0.4 is 9.47 Å². The molecule has 0 radical (unpaired) electrons. The van der Waals surface area contributed by atoms with Crippen LogP contribution in [0.1, 0.15) is 43.0 Å². The fraction of sp³-hybridized carbons (Fsp3) is 0.533. The lowest BCUT2D eigenvalue weighted by molar-refractivity contribution is -0.0885. The largest absolute Gasteiger partial charge is 0.493 e. The average Bonchev–Trinajstić information content (AvgIpc) is 2.45. The van der Waals surface area contributed by atoms with E-state index in [9.17, 15) is 18.0 Å². The molecule has 118 valence electrons. The monoisotopic (exact) mass is 304 g/mol. The molecule has 0 unspecified atom stereocenters. The Morgan fingerprint density at radius 3 is 2.43 bits per heavy atom. The van der Waals surface area contributed by atoms with Crippen LogP contribution >= 0.6 is 0 Å². The van der Waals surface area contributed by atoms with Gasteiger partial charge in [-0.2, -0.15) is 13.2 Å². The van der Waals surface area contributed by atoms with Crippen LogP contribution in [0.5, 0.6) is 11.5 Å². The third kappa shape index (κ3) is 5.28. The highest BCUT2D eigenvalue weighted by Gasteiger charge is 2.39. The summed E-state index contributed by atoms with van der Waals surface area (Å²) in [5.41, 5.74) is -0.460. The Labute approximate surface area is 122 Å². The number of rotatable bonds is 8. The summed E-state index contributed by atoms with van der Waals surface area (Å²) < 4.78 is 47.6. The van der Waals surface area contributed by atoms with Crippen molar-refractivity contribution in [2.45, 2.75) is 38.8 Å². The number of hydrogen-bond donors (Lipinski definition) is 0. The van der Waals surface area contributed by atoms with Gasteiger partial charge in [0.25, 0.3) is 5.78 Å². The molecule has 0 fully saturated rings. The van der Waals surface area contributed by atoms with Gasteiger partial charge in [-0.15, -0.1) is 0 Å². The van der Waals surface area contributed by atoms with E-state index in [2.05, 4.69) is 6.92 Å². The lowest BCUT2D eigenvalue weighted by Gasteiger charge is -2.12. The van der Waals surface area contributed by atoms with Crippen LogP contribution in [0.3, 0.4) is 0 Å². The lowest BCUT2D eigenvalue weighted by atomic mass is 10.1. The topological polar surface area (TPSA) is 35.5 Å². The van der Waals surface area contributed by atoms with Gasteiger partial charge in [0.15, 0.2) is 11.5 Å². The zero-order valence-electron chi connectivity index (χ0n) is 12.1. The maximum Gasteiger partial charge on any atom is 0.454 e. The van der Waals surface area contributed by atoms with E-state index in [0.29, 0.717) is 12.4 Å². The number of methoxy groups -OCH3 is 1. The van der Waals surface area contributed by atoms with Crippen molar-refractivity contribution in [1.82, 2.24) is 0 Å². The Bertz CT molecular complexity index is 470. The Hall–Kier alpha value is -1.72. The smallest absolute Gasteiger partial charge is 0.454 e. The minimum Gasteiger partial charge on any atom is -0.493 e. The van der Waals surface area contributed by atoms with Gasteiger partial charge in [-0.05, 0) is 24.6 Å². The van der Waals surface area contributed by atoms with Crippen LogP contribution in [-0.2, 0) is 0 Å². The molecule has 0 aliphatic heterocycles. The van der Waals surface area contributed by atoms with Gasteiger partial charge in [0, 0.05) is 5.56 Å². The Morgan fingerprint density at radius 1 is 1.14 bits per heavy atom. The molecule has 0 saturated carbocycles. The summed E-state index contributed by atoms with van der Waals surface area (Å²) in [5.74, 6) is -1.43. The number of Topliss-reactive ketones (excluding diaryl/α,β-unsaturated/α-hetero) is 1. The molecule has 0 atom stereocenters. The molecule has 0 aliphatic carbocycles. The predicted molar refractivity (Wildman–Crippen MR) is 73.0 cm³/mol. The zero-order valence-corrected chi connectivity index (χ0v) is 12.1. The van der Waals surface area contributed by atoms with E-state index in [4.69, 9.17) is 9.47 Å². The fourth-order valence-corrected chi connectivity index (χ4v) is 1.80. The Kier molecular flexibility index (Phi) is 6.52. The molecule has 1 aromatic carbocycles. The Morgan fingerprint density at radius 2 is 1.86 bits per heavy atom. The number of hydrogen-bond acceptors (Lipinski definition) is 3. The summed E-state index contributed by atoms with van der Waals surface area (Å²) in [6, 6.07) is 3.48. The van der Waals surface area contributed by atoms with E-state index in [1.54, 1.807) is 0 Å². The van der Waals surface area contributed by atoms with Crippen molar-refractivity contribution in [2.24, 2.45) is 0 Å². The standard InChI is InChI=1S/C15H19F3O3/c1-3-4-5-6-9-21-12-8-7-11(10-13(12)20-2)14(19)15(16,17)18/h7-8,10H,3-6,9H2,1-2H3. The molecule has 0 aromatic heterocycles. The van der Waals surface area contributed by atoms with Crippen LogP contribution in [0.2, 0.25) is 0 Å². The van der Waals surface area contributed by atoms with Gasteiger partial charge >= 0.3 is 6.18 Å². The molecule has 1 aromatic rings. The van der Waals surface area contributed by atoms with Gasteiger partial charge in [-0.1, -0.05) is 26.2 Å². The molecule has 0 bridgehead atoms. The SMILES string of the molecule is CCCCCCOc1ccc(C(=O)C(F)(F)F)cc1OC. The molecule has 1 rings (SSSR count). The van der Waals surface area contributed by atoms with Crippen molar-refractivity contribution >= 4 is 5.78 Å². The van der Waals surface area contributed by atoms with E-state index in [-0.39, 0.29) is 5.75 Å². The molecule has 0 heterocycles. The van der Waals surface area contributed by atoms with Crippen molar-refractivity contribution < 1.29 is 27.4 Å². The number of alkyl halides is 3. The quantitative estimate of drug-likeness (QED) is 0.527. The number of ether oxygens (including phenoxy) is 2. The molecule has 0 aliphatic rings. The van der Waals surface area contributed by atoms with Gasteiger partial charge in [0.1, 0.15) is 0 Å². The highest BCUT2D eigenvalue weighted by atomic mass is 19.4. The van der Waals surface area contributed by atoms with E-state index < -0.39 is 17.5 Å². The number of benzene rings is 1. The maximum atomic E-state index is 12.4. The molecule has 0 spiro atoms. The van der Waals surface area contributed by atoms with Crippen LogP contribution in [0.15, 0.2) is 18.2 Å². The summed E-state index contributed by atoms with van der Waals surface area (Å²) in [5, 5.41) is 0. The number of carbonyl (C=O) groups excluding carboxylic acids is 1. The Balaban J connectivity index is 2.73. The van der Waals surface area contributed by atoms with Crippen molar-refractivity contribution in [3.05, 3.63) is 23.8 Å².